The third-order valence-electron chi connectivity index (χ3n) is 2.86. The lowest BCUT2D eigenvalue weighted by Crippen LogP contribution is -2.35. The fourth-order valence-electron chi connectivity index (χ4n) is 1.97. The van der Waals surface area contributed by atoms with Gasteiger partial charge in [-0.1, -0.05) is 31.2 Å². The van der Waals surface area contributed by atoms with E-state index in [0.717, 1.165) is 11.1 Å². The second-order valence-electron chi connectivity index (χ2n) is 4.93. The van der Waals surface area contributed by atoms with E-state index < -0.39 is 11.9 Å². The molecule has 3 heteroatoms. The van der Waals surface area contributed by atoms with Gasteiger partial charge in [0.2, 0.25) is 0 Å². The van der Waals surface area contributed by atoms with Crippen molar-refractivity contribution in [2.24, 2.45) is 0 Å². The fourth-order valence-corrected chi connectivity index (χ4v) is 1.97. The van der Waals surface area contributed by atoms with Gasteiger partial charge in [-0.15, -0.1) is 0 Å². The molecule has 0 heterocycles. The Morgan fingerprint density at radius 1 is 1.29 bits per heavy atom. The highest BCUT2D eigenvalue weighted by Crippen LogP contribution is 2.26. The second kappa shape index (κ2) is 5.63. The number of benzene rings is 1. The predicted octanol–water partition coefficient (Wildman–Crippen LogP) is 2.20. The molecule has 0 aliphatic carbocycles. The highest BCUT2D eigenvalue weighted by Gasteiger charge is 2.26. The second-order valence-corrected chi connectivity index (χ2v) is 4.93. The molecular weight excluding hydrogens is 216 g/mol. The number of hydrogen-bond donors (Lipinski definition) is 2. The van der Waals surface area contributed by atoms with Crippen LogP contribution < -0.4 is 0 Å². The fraction of sp³-hybridized carbons (Fsp3) is 0.571. The number of hydrogen-bond acceptors (Lipinski definition) is 3. The Kier molecular flexibility index (Phi) is 4.69. The lowest BCUT2D eigenvalue weighted by Gasteiger charge is -2.30. The summed E-state index contributed by atoms with van der Waals surface area (Å²) in [6, 6.07) is 8.01. The van der Waals surface area contributed by atoms with E-state index in [9.17, 15) is 10.2 Å². The third-order valence-corrected chi connectivity index (χ3v) is 2.86. The van der Waals surface area contributed by atoms with Gasteiger partial charge in [0, 0.05) is 5.92 Å². The first kappa shape index (κ1) is 14.2. The minimum absolute atomic E-state index is 0.0348. The summed E-state index contributed by atoms with van der Waals surface area (Å²) in [5.74, 6) is -1.20. The van der Waals surface area contributed by atoms with Gasteiger partial charge < -0.3 is 14.9 Å². The molecule has 0 aliphatic heterocycles. The van der Waals surface area contributed by atoms with E-state index in [-0.39, 0.29) is 12.5 Å². The van der Waals surface area contributed by atoms with Crippen molar-refractivity contribution in [3.63, 3.8) is 0 Å². The van der Waals surface area contributed by atoms with Crippen molar-refractivity contribution in [1.82, 2.24) is 0 Å². The van der Waals surface area contributed by atoms with Crippen LogP contribution in [0, 0.1) is 6.92 Å². The molecule has 0 saturated heterocycles. The predicted molar refractivity (Wildman–Crippen MR) is 67.9 cm³/mol. The first-order chi connectivity index (χ1) is 7.85. The van der Waals surface area contributed by atoms with Gasteiger partial charge in [-0.2, -0.15) is 0 Å². The zero-order chi connectivity index (χ0) is 13.1. The number of rotatable bonds is 5. The molecule has 0 fully saturated rings. The summed E-state index contributed by atoms with van der Waals surface area (Å²) in [4.78, 5) is 0. The van der Waals surface area contributed by atoms with E-state index in [1.807, 2.05) is 38.1 Å². The number of ether oxygens (including phenoxy) is 1. The van der Waals surface area contributed by atoms with Gasteiger partial charge in [-0.05, 0) is 31.9 Å². The molecule has 96 valence electrons. The van der Waals surface area contributed by atoms with E-state index in [0.29, 0.717) is 0 Å². The van der Waals surface area contributed by atoms with E-state index in [1.165, 1.54) is 0 Å². The lowest BCUT2D eigenvalue weighted by atomic mass is 9.92. The maximum Gasteiger partial charge on any atom is 0.160 e. The van der Waals surface area contributed by atoms with Crippen LogP contribution in [0.15, 0.2) is 24.3 Å². The Hall–Kier alpha value is -0.900. The summed E-state index contributed by atoms with van der Waals surface area (Å²) in [6.07, 6.45) is -0.406. The molecule has 0 radical (unpaired) electrons. The van der Waals surface area contributed by atoms with Crippen LogP contribution in [-0.4, -0.2) is 28.7 Å². The number of aliphatic hydroxyl groups excluding tert-OH is 1. The normalized spacial score (nSPS) is 15.6. The first-order valence-electron chi connectivity index (χ1n) is 5.91. The minimum atomic E-state index is -1.23. The van der Waals surface area contributed by atoms with Gasteiger partial charge in [0.25, 0.3) is 0 Å². The van der Waals surface area contributed by atoms with E-state index in [4.69, 9.17) is 4.74 Å². The molecule has 0 unspecified atom stereocenters. The molecule has 3 nitrogen and oxygen atoms in total. The Morgan fingerprint density at radius 3 is 2.35 bits per heavy atom. The van der Waals surface area contributed by atoms with Crippen molar-refractivity contribution in [3.05, 3.63) is 35.4 Å². The highest BCUT2D eigenvalue weighted by molar-refractivity contribution is 5.29. The van der Waals surface area contributed by atoms with E-state index in [1.54, 1.807) is 13.8 Å². The molecule has 0 saturated carbocycles. The smallest absolute Gasteiger partial charge is 0.160 e. The summed E-state index contributed by atoms with van der Waals surface area (Å²) < 4.78 is 5.46. The van der Waals surface area contributed by atoms with Crippen molar-refractivity contribution in [1.29, 1.82) is 0 Å². The summed E-state index contributed by atoms with van der Waals surface area (Å²) in [5.41, 5.74) is 2.30. The Labute approximate surface area is 103 Å². The molecule has 0 aliphatic rings. The summed E-state index contributed by atoms with van der Waals surface area (Å²) in [7, 11) is 0. The molecule has 1 aromatic rings. The average Bonchev–Trinajstić information content (AvgIpc) is 2.24. The van der Waals surface area contributed by atoms with Crippen LogP contribution in [0.25, 0.3) is 0 Å². The van der Waals surface area contributed by atoms with Crippen LogP contribution in [0.4, 0.5) is 0 Å². The minimum Gasteiger partial charge on any atom is -0.394 e. The average molecular weight is 238 g/mol. The van der Waals surface area contributed by atoms with Crippen LogP contribution in [0.1, 0.15) is 37.8 Å². The third kappa shape index (κ3) is 4.11. The molecular formula is C14H22O3. The van der Waals surface area contributed by atoms with Crippen LogP contribution in [0.2, 0.25) is 0 Å². The Bertz CT molecular complexity index is 355. The summed E-state index contributed by atoms with van der Waals surface area (Å²) in [5, 5.41) is 19.0. The van der Waals surface area contributed by atoms with E-state index in [2.05, 4.69) is 0 Å². The number of aryl methyl sites for hydroxylation is 1. The van der Waals surface area contributed by atoms with Gasteiger partial charge in [-0.3, -0.25) is 0 Å². The first-order valence-corrected chi connectivity index (χ1v) is 5.91. The summed E-state index contributed by atoms with van der Waals surface area (Å²) >= 11 is 0. The SMILES string of the molecule is Cc1ccccc1[C@@H](C)[C@@H](CO)OC(C)(C)O. The number of aliphatic hydroxyl groups is 2. The monoisotopic (exact) mass is 238 g/mol. The molecule has 17 heavy (non-hydrogen) atoms. The molecule has 1 aromatic carbocycles. The lowest BCUT2D eigenvalue weighted by molar-refractivity contribution is -0.216. The van der Waals surface area contributed by atoms with Crippen LogP contribution in [0.5, 0.6) is 0 Å². The zero-order valence-electron chi connectivity index (χ0n) is 11.0. The van der Waals surface area contributed by atoms with Gasteiger partial charge in [-0.25, -0.2) is 0 Å². The highest BCUT2D eigenvalue weighted by atomic mass is 16.6. The topological polar surface area (TPSA) is 49.7 Å². The van der Waals surface area contributed by atoms with E-state index >= 15 is 0 Å². The molecule has 2 atom stereocenters. The van der Waals surface area contributed by atoms with Crippen LogP contribution >= 0.6 is 0 Å². The maximum atomic E-state index is 9.65. The molecule has 0 bridgehead atoms. The van der Waals surface area contributed by atoms with Gasteiger partial charge >= 0.3 is 0 Å². The Balaban J connectivity index is 2.87. The van der Waals surface area contributed by atoms with Crippen molar-refractivity contribution < 1.29 is 14.9 Å². The van der Waals surface area contributed by atoms with Crippen molar-refractivity contribution in [2.75, 3.05) is 6.61 Å². The largest absolute Gasteiger partial charge is 0.394 e. The van der Waals surface area contributed by atoms with Crippen LogP contribution in [0.3, 0.4) is 0 Å². The Morgan fingerprint density at radius 2 is 1.88 bits per heavy atom. The van der Waals surface area contributed by atoms with Crippen LogP contribution in [-0.2, 0) is 4.74 Å². The van der Waals surface area contributed by atoms with Gasteiger partial charge in [0.15, 0.2) is 5.79 Å². The van der Waals surface area contributed by atoms with Crippen molar-refractivity contribution >= 4 is 0 Å². The zero-order valence-corrected chi connectivity index (χ0v) is 11.0. The molecule has 2 N–H and O–H groups in total. The summed E-state index contributed by atoms with van der Waals surface area (Å²) in [6.45, 7) is 7.05. The maximum absolute atomic E-state index is 9.65. The quantitative estimate of drug-likeness (QED) is 0.773. The van der Waals surface area contributed by atoms with Crippen molar-refractivity contribution in [2.45, 2.75) is 45.5 Å². The molecule has 1 rings (SSSR count). The molecule has 0 aromatic heterocycles. The van der Waals surface area contributed by atoms with Gasteiger partial charge in [0.1, 0.15) is 0 Å². The molecule has 0 spiro atoms. The van der Waals surface area contributed by atoms with Gasteiger partial charge in [0.05, 0.1) is 12.7 Å². The molecule has 0 amide bonds. The van der Waals surface area contributed by atoms with Crippen molar-refractivity contribution in [3.8, 4) is 0 Å². The standard InChI is InChI=1S/C14H22O3/c1-10-7-5-6-8-12(10)11(2)13(9-15)17-14(3,4)16/h5-8,11,13,15-16H,9H2,1-4H3/t11-,13-/m1/s1.